The van der Waals surface area contributed by atoms with E-state index in [0.717, 1.165) is 28.0 Å². The molecule has 1 aliphatic carbocycles. The molecule has 1 aromatic carbocycles. The van der Waals surface area contributed by atoms with E-state index in [1.165, 1.54) is 32.1 Å². The number of carbonyl (C=O) groups is 1. The smallest absolute Gasteiger partial charge is 0.246 e. The highest BCUT2D eigenvalue weighted by atomic mass is 16.1. The molecule has 21 heavy (non-hydrogen) atoms. The number of aromatic nitrogens is 1. The first-order valence-corrected chi connectivity index (χ1v) is 7.78. The number of amides is 1. The van der Waals surface area contributed by atoms with Crippen molar-refractivity contribution >= 4 is 28.2 Å². The zero-order valence-corrected chi connectivity index (χ0v) is 12.0. The summed E-state index contributed by atoms with van der Waals surface area (Å²) in [4.78, 5) is 20.1. The Bertz CT molecular complexity index is 723. The number of hydrogen-bond acceptors (Lipinski definition) is 2. The van der Waals surface area contributed by atoms with Gasteiger partial charge >= 0.3 is 0 Å². The first-order chi connectivity index (χ1) is 10.3. The summed E-state index contributed by atoms with van der Waals surface area (Å²) in [6.45, 7) is 0.239. The molecular weight excluding hydrogens is 262 g/mol. The van der Waals surface area contributed by atoms with Gasteiger partial charge in [-0.1, -0.05) is 37.5 Å². The monoisotopic (exact) mass is 281 g/mol. The average molecular weight is 281 g/mol. The Morgan fingerprint density at radius 2 is 1.90 bits per heavy atom. The summed E-state index contributed by atoms with van der Waals surface area (Å²) in [6.07, 6.45) is 6.21. The standard InChI is InChI=1S/C17H19N3O/c21-14-10-18-15(11-6-2-1-3-7-11)17-16(20-14)12-8-4-5-9-13(12)19-17/h4-5,8-9,11,19H,1-3,6-7,10H2,(H,20,21). The molecule has 2 aliphatic rings. The summed E-state index contributed by atoms with van der Waals surface area (Å²) in [5.41, 5.74) is 4.10. The zero-order chi connectivity index (χ0) is 14.2. The third-order valence-corrected chi connectivity index (χ3v) is 4.61. The predicted molar refractivity (Wildman–Crippen MR) is 84.9 cm³/mol. The lowest BCUT2D eigenvalue weighted by molar-refractivity contribution is -0.114. The van der Waals surface area contributed by atoms with Crippen LogP contribution in [0.5, 0.6) is 0 Å². The Hall–Kier alpha value is -2.10. The second-order valence-corrected chi connectivity index (χ2v) is 6.01. The van der Waals surface area contributed by atoms with Crippen LogP contribution < -0.4 is 5.32 Å². The summed E-state index contributed by atoms with van der Waals surface area (Å²) < 4.78 is 0. The maximum Gasteiger partial charge on any atom is 0.246 e. The number of nitrogens with one attached hydrogen (secondary N) is 2. The maximum atomic E-state index is 12.0. The van der Waals surface area contributed by atoms with E-state index in [2.05, 4.69) is 27.4 Å². The molecular formula is C17H19N3O. The van der Waals surface area contributed by atoms with Crippen molar-refractivity contribution in [3.63, 3.8) is 0 Å². The molecule has 1 saturated carbocycles. The van der Waals surface area contributed by atoms with Crippen LogP contribution in [0, 0.1) is 5.92 Å². The summed E-state index contributed by atoms with van der Waals surface area (Å²) in [5, 5.41) is 4.10. The molecule has 0 bridgehead atoms. The first kappa shape index (κ1) is 12.6. The second kappa shape index (κ2) is 5.02. The van der Waals surface area contributed by atoms with Gasteiger partial charge in [0.05, 0.1) is 17.1 Å². The van der Waals surface area contributed by atoms with Gasteiger partial charge in [-0.15, -0.1) is 0 Å². The number of anilines is 1. The van der Waals surface area contributed by atoms with Crippen molar-refractivity contribution in [1.29, 1.82) is 0 Å². The van der Waals surface area contributed by atoms with Crippen LogP contribution in [0.2, 0.25) is 0 Å². The quantitative estimate of drug-likeness (QED) is 0.826. The average Bonchev–Trinajstić information content (AvgIpc) is 2.79. The van der Waals surface area contributed by atoms with Crippen LogP contribution in [-0.2, 0) is 4.79 Å². The van der Waals surface area contributed by atoms with Crippen LogP contribution in [0.25, 0.3) is 10.9 Å². The predicted octanol–water partition coefficient (Wildman–Crippen LogP) is 3.49. The van der Waals surface area contributed by atoms with Crippen molar-refractivity contribution in [1.82, 2.24) is 4.98 Å². The van der Waals surface area contributed by atoms with Crippen LogP contribution in [0.3, 0.4) is 0 Å². The number of hydrogen-bond donors (Lipinski definition) is 2. The molecule has 4 rings (SSSR count). The lowest BCUT2D eigenvalue weighted by Gasteiger charge is -2.22. The molecule has 0 radical (unpaired) electrons. The molecule has 1 fully saturated rings. The van der Waals surface area contributed by atoms with Crippen LogP contribution in [0.1, 0.15) is 37.8 Å². The van der Waals surface area contributed by atoms with Crippen LogP contribution in [0.4, 0.5) is 5.69 Å². The highest BCUT2D eigenvalue weighted by Gasteiger charge is 2.27. The summed E-state index contributed by atoms with van der Waals surface area (Å²) in [5.74, 6) is 0.463. The summed E-state index contributed by atoms with van der Waals surface area (Å²) >= 11 is 0. The lowest BCUT2D eigenvalue weighted by atomic mass is 9.84. The molecule has 1 amide bonds. The van der Waals surface area contributed by atoms with Crippen molar-refractivity contribution < 1.29 is 4.79 Å². The molecule has 1 aromatic heterocycles. The Morgan fingerprint density at radius 3 is 2.76 bits per heavy atom. The fourth-order valence-electron chi connectivity index (χ4n) is 3.59. The molecule has 4 nitrogen and oxygen atoms in total. The van der Waals surface area contributed by atoms with Gasteiger partial charge in [0, 0.05) is 16.8 Å². The zero-order valence-electron chi connectivity index (χ0n) is 12.0. The minimum atomic E-state index is -0.0215. The van der Waals surface area contributed by atoms with E-state index >= 15 is 0 Å². The van der Waals surface area contributed by atoms with Crippen molar-refractivity contribution in [2.75, 3.05) is 11.9 Å². The second-order valence-electron chi connectivity index (χ2n) is 6.01. The Morgan fingerprint density at radius 1 is 1.10 bits per heavy atom. The van der Waals surface area contributed by atoms with Crippen molar-refractivity contribution in [2.45, 2.75) is 32.1 Å². The Labute approximate surface area is 123 Å². The number of aliphatic imine (C=N–C) groups is 1. The van der Waals surface area contributed by atoms with Gasteiger partial charge in [0.25, 0.3) is 0 Å². The number of para-hydroxylation sites is 1. The van der Waals surface area contributed by atoms with Gasteiger partial charge in [0.1, 0.15) is 6.54 Å². The topological polar surface area (TPSA) is 57.2 Å². The minimum Gasteiger partial charge on any atom is -0.352 e. The van der Waals surface area contributed by atoms with Gasteiger partial charge in [-0.25, -0.2) is 0 Å². The van der Waals surface area contributed by atoms with E-state index in [0.29, 0.717) is 5.92 Å². The first-order valence-electron chi connectivity index (χ1n) is 7.78. The van der Waals surface area contributed by atoms with Crippen molar-refractivity contribution in [3.05, 3.63) is 30.0 Å². The molecule has 0 atom stereocenters. The molecule has 108 valence electrons. The normalized spacial score (nSPS) is 19.8. The van der Waals surface area contributed by atoms with E-state index in [-0.39, 0.29) is 12.5 Å². The fraction of sp³-hybridized carbons (Fsp3) is 0.412. The van der Waals surface area contributed by atoms with Gasteiger partial charge < -0.3 is 10.3 Å². The summed E-state index contributed by atoms with van der Waals surface area (Å²) in [7, 11) is 0. The van der Waals surface area contributed by atoms with E-state index in [1.54, 1.807) is 0 Å². The van der Waals surface area contributed by atoms with Gasteiger partial charge in [0.15, 0.2) is 0 Å². The van der Waals surface area contributed by atoms with Crippen LogP contribution >= 0.6 is 0 Å². The number of carbonyl (C=O) groups excluding carboxylic acids is 1. The molecule has 0 spiro atoms. The maximum absolute atomic E-state index is 12.0. The van der Waals surface area contributed by atoms with E-state index < -0.39 is 0 Å². The summed E-state index contributed by atoms with van der Waals surface area (Å²) in [6, 6.07) is 8.12. The number of nitrogens with zero attached hydrogens (tertiary/aromatic N) is 1. The lowest BCUT2D eigenvalue weighted by Crippen LogP contribution is -2.19. The molecule has 0 saturated heterocycles. The number of benzene rings is 1. The molecule has 2 heterocycles. The van der Waals surface area contributed by atoms with E-state index in [4.69, 9.17) is 0 Å². The van der Waals surface area contributed by atoms with Gasteiger partial charge in [-0.3, -0.25) is 9.79 Å². The minimum absolute atomic E-state index is 0.0215. The van der Waals surface area contributed by atoms with Crippen molar-refractivity contribution in [3.8, 4) is 0 Å². The number of fused-ring (bicyclic) bond motifs is 3. The van der Waals surface area contributed by atoms with E-state index in [1.807, 2.05) is 12.1 Å². The third-order valence-electron chi connectivity index (χ3n) is 4.61. The van der Waals surface area contributed by atoms with E-state index in [9.17, 15) is 4.79 Å². The van der Waals surface area contributed by atoms with Crippen LogP contribution in [0.15, 0.2) is 29.3 Å². The molecule has 2 N–H and O–H groups in total. The Balaban J connectivity index is 1.86. The molecule has 2 aromatic rings. The Kier molecular flexibility index (Phi) is 3.02. The number of rotatable bonds is 1. The van der Waals surface area contributed by atoms with Crippen LogP contribution in [-0.4, -0.2) is 23.1 Å². The highest BCUT2D eigenvalue weighted by molar-refractivity contribution is 6.17. The molecule has 1 aliphatic heterocycles. The SMILES string of the molecule is O=C1CN=C(C2CCCCC2)c2[nH]c3ccccc3c2N1. The third kappa shape index (κ3) is 2.15. The largest absolute Gasteiger partial charge is 0.352 e. The number of H-pyrrole nitrogens is 1. The van der Waals surface area contributed by atoms with Gasteiger partial charge in [-0.05, 0) is 18.9 Å². The van der Waals surface area contributed by atoms with Gasteiger partial charge in [0.2, 0.25) is 5.91 Å². The highest BCUT2D eigenvalue weighted by Crippen LogP contribution is 2.34. The number of aromatic amines is 1. The van der Waals surface area contributed by atoms with Gasteiger partial charge in [-0.2, -0.15) is 0 Å². The molecule has 4 heteroatoms. The molecule has 0 unspecified atom stereocenters. The fourth-order valence-corrected chi connectivity index (χ4v) is 3.59. The van der Waals surface area contributed by atoms with Crippen molar-refractivity contribution in [2.24, 2.45) is 10.9 Å².